The van der Waals surface area contributed by atoms with Gasteiger partial charge in [0.05, 0.1) is 6.54 Å². The second-order valence-corrected chi connectivity index (χ2v) is 2.12. The van der Waals surface area contributed by atoms with Gasteiger partial charge in [-0.2, -0.15) is 0 Å². The van der Waals surface area contributed by atoms with Crippen molar-refractivity contribution in [1.29, 1.82) is 0 Å². The van der Waals surface area contributed by atoms with Crippen LogP contribution in [-0.2, 0) is 4.79 Å². The normalized spacial score (nSPS) is 8.42. The monoisotopic (exact) mass is 185 g/mol. The molecule has 4 heteroatoms. The highest BCUT2D eigenvalue weighted by Crippen LogP contribution is 2.03. The van der Waals surface area contributed by atoms with E-state index in [1.54, 1.807) is 0 Å². The van der Waals surface area contributed by atoms with Crippen LogP contribution in [0.1, 0.15) is 0 Å². The van der Waals surface area contributed by atoms with Crippen LogP contribution in [0, 0.1) is 0 Å². The highest BCUT2D eigenvalue weighted by molar-refractivity contribution is 5.91. The predicted molar refractivity (Wildman–Crippen MR) is 44.1 cm³/mol. The lowest BCUT2D eigenvalue weighted by Crippen LogP contribution is -3.00. The average Bonchev–Trinajstić information content (AvgIpc) is 2.06. The van der Waals surface area contributed by atoms with Gasteiger partial charge in [-0.25, -0.2) is 0 Å². The van der Waals surface area contributed by atoms with Crippen LogP contribution < -0.4 is 23.5 Å². The summed E-state index contributed by atoms with van der Waals surface area (Å²) in [6, 6.07) is 9.22. The maximum absolute atomic E-state index is 10.7. The first-order valence-electron chi connectivity index (χ1n) is 3.38. The largest absolute Gasteiger partial charge is 1.00 e. The molecule has 12 heavy (non-hydrogen) atoms. The molecule has 0 saturated heterocycles. The number of carbonyl (C=O) groups is 1. The minimum absolute atomic E-state index is 0. The van der Waals surface area contributed by atoms with Crippen LogP contribution >= 0.6 is 0 Å². The highest BCUT2D eigenvalue weighted by Gasteiger charge is 1.95. The summed E-state index contributed by atoms with van der Waals surface area (Å²) in [6.07, 6.45) is 0. The Morgan fingerprint density at radius 2 is 1.92 bits per heavy atom. The summed E-state index contributed by atoms with van der Waals surface area (Å²) < 4.78 is 0. The van der Waals surface area contributed by atoms with Crippen LogP contribution in [0.5, 0.6) is 0 Å². The summed E-state index contributed by atoms with van der Waals surface area (Å²) >= 11 is 0. The molecule has 1 rings (SSSR count). The molecule has 0 saturated carbocycles. The van der Waals surface area contributed by atoms with Crippen LogP contribution in [0.25, 0.3) is 0 Å². The van der Waals surface area contributed by atoms with Gasteiger partial charge >= 0.3 is 0 Å². The lowest BCUT2D eigenvalue weighted by atomic mass is 10.3. The van der Waals surface area contributed by atoms with Crippen LogP contribution in [0.4, 0.5) is 5.69 Å². The third-order valence-electron chi connectivity index (χ3n) is 1.24. The van der Waals surface area contributed by atoms with Crippen LogP contribution in [0.3, 0.4) is 0 Å². The van der Waals surface area contributed by atoms with Gasteiger partial charge in [-0.15, -0.1) is 0 Å². The first-order valence-corrected chi connectivity index (χ1v) is 3.38. The number of para-hydroxylation sites is 1. The van der Waals surface area contributed by atoms with Crippen LogP contribution in [0.2, 0.25) is 0 Å². The zero-order valence-corrected chi connectivity index (χ0v) is 7.21. The minimum Gasteiger partial charge on any atom is -1.00 e. The van der Waals surface area contributed by atoms with Gasteiger partial charge in [-0.1, -0.05) is 18.2 Å². The molecular weight excluding hydrogens is 176 g/mol. The Morgan fingerprint density at radius 1 is 1.33 bits per heavy atom. The number of halogens is 1. The molecule has 0 radical (unpaired) electrons. The summed E-state index contributed by atoms with van der Waals surface area (Å²) in [5.74, 6) is -0.170. The molecule has 3 N–H and O–H groups in total. The number of amides is 1. The summed E-state index contributed by atoms with van der Waals surface area (Å²) in [4.78, 5) is 10.7. The van der Waals surface area contributed by atoms with Gasteiger partial charge in [-0.3, -0.25) is 4.79 Å². The quantitative estimate of drug-likeness (QED) is 0.539. The zero-order chi connectivity index (χ0) is 8.10. The SMILES string of the molecule is NCC(=O)Nc1ccccc1.[Cl-]. The molecule has 0 aromatic heterocycles. The molecule has 0 heterocycles. The van der Waals surface area contributed by atoms with E-state index in [0.29, 0.717) is 0 Å². The fourth-order valence-electron chi connectivity index (χ4n) is 0.734. The van der Waals surface area contributed by atoms with E-state index in [-0.39, 0.29) is 24.9 Å². The second-order valence-electron chi connectivity index (χ2n) is 2.12. The Bertz CT molecular complexity index is 238. The molecule has 0 unspecified atom stereocenters. The van der Waals surface area contributed by atoms with Gasteiger partial charge in [-0.05, 0) is 12.1 Å². The number of nitrogens with one attached hydrogen (secondary N) is 1. The number of carbonyl (C=O) groups excluding carboxylic acids is 1. The van der Waals surface area contributed by atoms with Crippen LogP contribution in [0.15, 0.2) is 30.3 Å². The first kappa shape index (κ1) is 10.9. The number of hydrogen-bond acceptors (Lipinski definition) is 2. The number of anilines is 1. The average molecular weight is 186 g/mol. The van der Waals surface area contributed by atoms with Gasteiger partial charge in [0, 0.05) is 5.69 Å². The third kappa shape index (κ3) is 3.37. The van der Waals surface area contributed by atoms with Crippen molar-refractivity contribution in [2.24, 2.45) is 5.73 Å². The molecule has 0 aliphatic carbocycles. The Morgan fingerprint density at radius 3 is 2.42 bits per heavy atom. The van der Waals surface area contributed by atoms with Crippen molar-refractivity contribution in [2.45, 2.75) is 0 Å². The second kappa shape index (κ2) is 5.57. The molecule has 0 aliphatic rings. The Balaban J connectivity index is 0.00000121. The molecule has 1 aromatic rings. The molecule has 0 atom stereocenters. The maximum atomic E-state index is 10.7. The zero-order valence-electron chi connectivity index (χ0n) is 6.46. The molecule has 0 bridgehead atoms. The number of rotatable bonds is 2. The predicted octanol–water partition coefficient (Wildman–Crippen LogP) is -2.41. The summed E-state index contributed by atoms with van der Waals surface area (Å²) in [5, 5.41) is 2.63. The number of benzene rings is 1. The lowest BCUT2D eigenvalue weighted by Gasteiger charge is -2.00. The van der Waals surface area contributed by atoms with Gasteiger partial charge in [0.15, 0.2) is 0 Å². The van der Waals surface area contributed by atoms with Crippen molar-refractivity contribution in [2.75, 3.05) is 11.9 Å². The van der Waals surface area contributed by atoms with E-state index < -0.39 is 0 Å². The molecule has 1 aromatic carbocycles. The van der Waals surface area contributed by atoms with E-state index in [9.17, 15) is 4.79 Å². The smallest absolute Gasteiger partial charge is 0.238 e. The summed E-state index contributed by atoms with van der Waals surface area (Å²) in [6.45, 7) is 0.0227. The number of nitrogens with two attached hydrogens (primary N) is 1. The van der Waals surface area contributed by atoms with E-state index in [2.05, 4.69) is 5.32 Å². The molecule has 0 aliphatic heterocycles. The van der Waals surface area contributed by atoms with Gasteiger partial charge in [0.1, 0.15) is 0 Å². The van der Waals surface area contributed by atoms with Crippen molar-refractivity contribution in [3.05, 3.63) is 30.3 Å². The summed E-state index contributed by atoms with van der Waals surface area (Å²) in [7, 11) is 0. The molecule has 0 fully saturated rings. The van der Waals surface area contributed by atoms with Gasteiger partial charge in [0.2, 0.25) is 5.91 Å². The van der Waals surface area contributed by atoms with Crippen molar-refractivity contribution in [3.63, 3.8) is 0 Å². The van der Waals surface area contributed by atoms with E-state index >= 15 is 0 Å². The Labute approximate surface area is 77.4 Å². The van der Waals surface area contributed by atoms with E-state index in [1.165, 1.54) is 0 Å². The first-order chi connectivity index (χ1) is 5.33. The molecule has 66 valence electrons. The van der Waals surface area contributed by atoms with Crippen molar-refractivity contribution >= 4 is 11.6 Å². The fraction of sp³-hybridized carbons (Fsp3) is 0.125. The van der Waals surface area contributed by atoms with E-state index in [4.69, 9.17) is 5.73 Å². The topological polar surface area (TPSA) is 55.1 Å². The Kier molecular flexibility index (Phi) is 5.08. The number of hydrogen-bond donors (Lipinski definition) is 2. The van der Waals surface area contributed by atoms with Crippen molar-refractivity contribution in [1.82, 2.24) is 0 Å². The third-order valence-corrected chi connectivity index (χ3v) is 1.24. The van der Waals surface area contributed by atoms with Gasteiger partial charge in [0.25, 0.3) is 0 Å². The standard InChI is InChI=1S/C8H10N2O.ClH/c9-6-8(11)10-7-4-2-1-3-5-7;/h1-5H,6,9H2,(H,10,11);1H/p-1. The molecule has 3 nitrogen and oxygen atoms in total. The summed E-state index contributed by atoms with van der Waals surface area (Å²) in [5.41, 5.74) is 5.89. The van der Waals surface area contributed by atoms with Crippen LogP contribution in [-0.4, -0.2) is 12.5 Å². The lowest BCUT2D eigenvalue weighted by molar-refractivity contribution is -0.114. The van der Waals surface area contributed by atoms with Crippen molar-refractivity contribution in [3.8, 4) is 0 Å². The van der Waals surface area contributed by atoms with Gasteiger partial charge < -0.3 is 23.5 Å². The maximum Gasteiger partial charge on any atom is 0.238 e. The minimum atomic E-state index is -0.170. The van der Waals surface area contributed by atoms with E-state index in [0.717, 1.165) is 5.69 Å². The fourth-order valence-corrected chi connectivity index (χ4v) is 0.734. The highest BCUT2D eigenvalue weighted by atomic mass is 35.5. The Hall–Kier alpha value is -1.06. The van der Waals surface area contributed by atoms with E-state index in [1.807, 2.05) is 30.3 Å². The molecule has 1 amide bonds. The molecule has 0 spiro atoms. The van der Waals surface area contributed by atoms with Crippen molar-refractivity contribution < 1.29 is 17.2 Å². The molecular formula is C8H10ClN2O-.